The van der Waals surface area contributed by atoms with Crippen molar-refractivity contribution in [2.24, 2.45) is 11.5 Å². The fourth-order valence-electron chi connectivity index (χ4n) is 5.65. The summed E-state index contributed by atoms with van der Waals surface area (Å²) in [6, 6.07) is 10.2. The maximum Gasteiger partial charge on any atom is 0.336 e. The van der Waals surface area contributed by atoms with Crippen LogP contribution < -0.4 is 43.0 Å². The third kappa shape index (κ3) is 13.7. The van der Waals surface area contributed by atoms with Crippen LogP contribution in [0.4, 0.5) is 0 Å². The smallest absolute Gasteiger partial charge is 0.336 e. The molecule has 4 unspecified atom stereocenters. The van der Waals surface area contributed by atoms with E-state index in [1.807, 2.05) is 29.7 Å². The zero-order chi connectivity index (χ0) is 40.5. The molecule has 1 aromatic heterocycles. The molecule has 17 nitrogen and oxygen atoms in total. The predicted molar refractivity (Wildman–Crippen MR) is 210 cm³/mol. The molecule has 0 radical (unpaired) electrons. The van der Waals surface area contributed by atoms with E-state index >= 15 is 0 Å². The number of unbranched alkanes of at least 4 members (excludes halogenated alkanes) is 1. The van der Waals surface area contributed by atoms with Gasteiger partial charge in [-0.15, -0.1) is 11.8 Å². The van der Waals surface area contributed by atoms with Gasteiger partial charge in [0.15, 0.2) is 13.2 Å². The number of carbonyl (C=O) groups excluding carboxylic acids is 5. The number of aromatic nitrogens is 1. The molecule has 55 heavy (non-hydrogen) atoms. The van der Waals surface area contributed by atoms with Crippen LogP contribution in [0.25, 0.3) is 10.9 Å². The van der Waals surface area contributed by atoms with Gasteiger partial charge in [-0.05, 0) is 62.1 Å². The second-order valence-corrected chi connectivity index (χ2v) is 14.4. The van der Waals surface area contributed by atoms with E-state index in [4.69, 9.17) is 16.2 Å². The van der Waals surface area contributed by atoms with Crippen molar-refractivity contribution >= 4 is 65.8 Å². The van der Waals surface area contributed by atoms with Gasteiger partial charge in [0, 0.05) is 49.2 Å². The summed E-state index contributed by atoms with van der Waals surface area (Å²) >= 11 is 0.670. The minimum Gasteiger partial charge on any atom is -0.492 e. The van der Waals surface area contributed by atoms with Crippen LogP contribution in [-0.2, 0) is 41.6 Å². The number of ether oxygens (including phenoxy) is 1. The number of fused-ring (bicyclic) bond motifs is 1. The van der Waals surface area contributed by atoms with Crippen LogP contribution in [0.5, 0.6) is 5.75 Å². The average molecular weight is 783 g/mol. The largest absolute Gasteiger partial charge is 0.492 e. The van der Waals surface area contributed by atoms with Crippen molar-refractivity contribution < 1.29 is 43.8 Å². The normalized spacial score (nSPS) is 14.4. The Morgan fingerprint density at radius 3 is 2.15 bits per heavy atom. The Labute approximate surface area is 324 Å². The van der Waals surface area contributed by atoms with Crippen LogP contribution in [0.1, 0.15) is 44.2 Å². The number of thioether (sulfide) groups is 1. The molecule has 5 atom stereocenters. The fourth-order valence-corrected chi connectivity index (χ4v) is 6.65. The summed E-state index contributed by atoms with van der Waals surface area (Å²) < 4.78 is 5.55. The number of hydrogen-bond donors (Lipinski definition) is 10. The number of rotatable bonds is 24. The third-order valence-corrected chi connectivity index (χ3v) is 10.1. The molecule has 0 bridgehead atoms. The zero-order valence-corrected chi connectivity index (χ0v) is 32.0. The van der Waals surface area contributed by atoms with Gasteiger partial charge in [-0.2, -0.15) is 5.48 Å². The monoisotopic (exact) mass is 782 g/mol. The Morgan fingerprint density at radius 1 is 0.891 bits per heavy atom. The first-order chi connectivity index (χ1) is 26.2. The summed E-state index contributed by atoms with van der Waals surface area (Å²) in [7, 11) is 1.38. The van der Waals surface area contributed by atoms with Crippen LogP contribution in [0.2, 0.25) is 0 Å². The zero-order valence-electron chi connectivity index (χ0n) is 31.2. The van der Waals surface area contributed by atoms with Gasteiger partial charge in [0.1, 0.15) is 36.2 Å². The molecule has 0 aliphatic carbocycles. The fraction of sp³-hybridized carbons (Fsp3) is 0.444. The molecule has 0 aliphatic heterocycles. The van der Waals surface area contributed by atoms with Crippen LogP contribution in [0.3, 0.4) is 0 Å². The van der Waals surface area contributed by atoms with Gasteiger partial charge in [0.05, 0.1) is 5.54 Å². The highest BCUT2D eigenvalue weighted by molar-refractivity contribution is 8.00. The van der Waals surface area contributed by atoms with E-state index in [0.29, 0.717) is 61.0 Å². The molecular weight excluding hydrogens is 731 g/mol. The number of para-hydroxylation sites is 1. The van der Waals surface area contributed by atoms with E-state index in [-0.39, 0.29) is 30.9 Å². The molecule has 0 saturated carbocycles. The summed E-state index contributed by atoms with van der Waals surface area (Å²) in [4.78, 5) is 81.1. The maximum absolute atomic E-state index is 14.2. The molecule has 3 rings (SSSR count). The minimum atomic E-state index is -1.42. The number of benzene rings is 2. The average Bonchev–Trinajstić information content (AvgIpc) is 3.56. The number of carboxylic acid groups (broad SMARTS) is 1. The first kappa shape index (κ1) is 44.5. The second-order valence-electron chi connectivity index (χ2n) is 13.2. The molecule has 3 aromatic rings. The Morgan fingerprint density at radius 2 is 1.55 bits per heavy atom. The second kappa shape index (κ2) is 21.8. The van der Waals surface area contributed by atoms with Gasteiger partial charge in [0.25, 0.3) is 0 Å². The predicted octanol–water partition coefficient (Wildman–Crippen LogP) is -0.949. The van der Waals surface area contributed by atoms with E-state index in [1.54, 1.807) is 37.4 Å². The van der Waals surface area contributed by atoms with Crippen LogP contribution >= 0.6 is 11.8 Å². The number of aromatic amines is 1. The summed E-state index contributed by atoms with van der Waals surface area (Å²) in [5.74, 6) is -4.02. The Hall–Kier alpha value is -4.95. The van der Waals surface area contributed by atoms with Crippen molar-refractivity contribution in [1.82, 2.24) is 31.7 Å². The van der Waals surface area contributed by atoms with E-state index in [0.717, 1.165) is 17.8 Å². The number of hydroxylamine groups is 1. The van der Waals surface area contributed by atoms with Gasteiger partial charge in [-0.1, -0.05) is 30.3 Å². The molecule has 2 aromatic carbocycles. The van der Waals surface area contributed by atoms with Gasteiger partial charge < -0.3 is 57.6 Å². The lowest BCUT2D eigenvalue weighted by Crippen LogP contribution is -2.61. The number of nitrogens with two attached hydrogens (primary N) is 2. The molecule has 0 spiro atoms. The molecular formula is C36H51BN8O9S. The number of amides is 4. The molecule has 0 saturated heterocycles. The van der Waals surface area contributed by atoms with Crippen LogP contribution in [0, 0.1) is 0 Å². The third-order valence-electron chi connectivity index (χ3n) is 8.88. The van der Waals surface area contributed by atoms with E-state index in [1.165, 1.54) is 7.85 Å². The van der Waals surface area contributed by atoms with Gasteiger partial charge in [-0.3, -0.25) is 19.2 Å². The summed E-state index contributed by atoms with van der Waals surface area (Å²) in [5.41, 5.74) is 13.6. The first-order valence-electron chi connectivity index (χ1n) is 17.8. The lowest BCUT2D eigenvalue weighted by molar-refractivity contribution is -0.138. The number of H-pyrrole nitrogens is 1. The first-order valence-corrected chi connectivity index (χ1v) is 18.9. The van der Waals surface area contributed by atoms with Crippen molar-refractivity contribution in [1.29, 1.82) is 0 Å². The molecule has 19 heteroatoms. The number of aliphatic carboxylic acids is 1. The number of carboxylic acids is 1. The van der Waals surface area contributed by atoms with Crippen molar-refractivity contribution in [2.75, 3.05) is 25.4 Å². The van der Waals surface area contributed by atoms with Crippen molar-refractivity contribution in [3.63, 3.8) is 0 Å². The topological polar surface area (TPSA) is 280 Å². The molecule has 4 amide bonds. The van der Waals surface area contributed by atoms with E-state index in [2.05, 4.69) is 26.3 Å². The molecule has 298 valence electrons. The Balaban J connectivity index is 1.95. The highest BCUT2D eigenvalue weighted by atomic mass is 32.2. The van der Waals surface area contributed by atoms with Gasteiger partial charge in [-0.25, -0.2) is 4.79 Å². The quantitative estimate of drug-likeness (QED) is 0.0228. The molecule has 0 aliphatic rings. The van der Waals surface area contributed by atoms with Gasteiger partial charge in [0.2, 0.25) is 23.6 Å². The van der Waals surface area contributed by atoms with E-state index < -0.39 is 58.6 Å². The summed E-state index contributed by atoms with van der Waals surface area (Å²) in [5, 5.41) is 29.3. The number of hydrogen-bond acceptors (Lipinski definition) is 12. The van der Waals surface area contributed by atoms with Crippen LogP contribution in [-0.4, -0.2) is 113 Å². The maximum atomic E-state index is 14.2. The lowest BCUT2D eigenvalue weighted by atomic mass is 9.79. The number of nitrogens with one attached hydrogen (secondary N) is 6. The van der Waals surface area contributed by atoms with Crippen molar-refractivity contribution in [3.8, 4) is 5.75 Å². The van der Waals surface area contributed by atoms with Crippen molar-refractivity contribution in [2.45, 2.75) is 75.0 Å². The SMILES string of the molecule is BC(=O)C(C)(CCCCN)NC(=O)[C@H](Cc1c[nH]c2ccccc12)NC(=O)C(Cc1ccc(OCCN)cc1)NC(=O)C(CSC(NC(C)=O)C(=O)O)NO. The highest BCUT2D eigenvalue weighted by Gasteiger charge is 2.36. The minimum absolute atomic E-state index is 0.0173. The summed E-state index contributed by atoms with van der Waals surface area (Å²) in [6.45, 7) is 3.77. The van der Waals surface area contributed by atoms with Gasteiger partial charge >= 0.3 is 5.97 Å². The lowest BCUT2D eigenvalue weighted by Gasteiger charge is -2.32. The van der Waals surface area contributed by atoms with E-state index in [9.17, 15) is 39.1 Å². The Bertz CT molecular complexity index is 1780. The number of carbonyl (C=O) groups is 6. The highest BCUT2D eigenvalue weighted by Crippen LogP contribution is 2.21. The van der Waals surface area contributed by atoms with Crippen molar-refractivity contribution in [3.05, 3.63) is 65.9 Å². The molecule has 12 N–H and O–H groups in total. The van der Waals surface area contributed by atoms with Crippen LogP contribution in [0.15, 0.2) is 54.7 Å². The molecule has 0 fully saturated rings. The summed E-state index contributed by atoms with van der Waals surface area (Å²) in [6.07, 6.45) is 3.21. The standard InChI is InChI=1S/C36H51BN8O9S/c1-21(46)41-33(34(50)51)55-20-29(45-53)31(48)42-27(17-22-9-11-24(12-10-22)54-16-15-39)30(47)43-28(18-23-19-40-26-8-4-3-7-25(23)26)32(49)44-36(2,35(37)52)13-5-6-14-38/h3-4,7-12,19,27-29,33,40,45,53H,5-6,13-18,20,37-39H2,1-2H3,(H,41,46)(H,42,48)(H,43,47)(H,44,49)(H,50,51)/t27?,28-,29?,33?,36?/m0/s1. The molecule has 1 heterocycles. The Kier molecular flexibility index (Phi) is 17.6.